The van der Waals surface area contributed by atoms with Crippen LogP contribution < -0.4 is 11.1 Å². The molecular weight excluding hydrogens is 248 g/mol. The second-order valence-corrected chi connectivity index (χ2v) is 6.04. The van der Waals surface area contributed by atoms with Crippen molar-refractivity contribution in [3.8, 4) is 0 Å². The molecule has 1 aromatic rings. The van der Waals surface area contributed by atoms with Crippen molar-refractivity contribution in [2.45, 2.75) is 65.3 Å². The normalized spacial score (nSPS) is 12.8. The molecule has 0 aliphatic rings. The Morgan fingerprint density at radius 3 is 2.35 bits per heavy atom. The molecule has 1 aromatic carbocycles. The third-order valence-corrected chi connectivity index (χ3v) is 3.56. The van der Waals surface area contributed by atoms with E-state index >= 15 is 0 Å². The molecule has 0 spiro atoms. The van der Waals surface area contributed by atoms with Crippen LogP contribution in [0.1, 0.15) is 70.4 Å². The summed E-state index contributed by atoms with van der Waals surface area (Å²) in [6.07, 6.45) is 1.63. The summed E-state index contributed by atoms with van der Waals surface area (Å²) in [6, 6.07) is 5.85. The van der Waals surface area contributed by atoms with Gasteiger partial charge in [0.2, 0.25) is 5.91 Å². The first-order valence-corrected chi connectivity index (χ1v) is 7.57. The van der Waals surface area contributed by atoms with Gasteiger partial charge in [-0.1, -0.05) is 53.2 Å². The fraction of sp³-hybridized carbons (Fsp3) is 0.588. The molecule has 3 N–H and O–H groups in total. The van der Waals surface area contributed by atoms with E-state index in [-0.39, 0.29) is 5.91 Å². The van der Waals surface area contributed by atoms with Gasteiger partial charge in [-0.15, -0.1) is 0 Å². The van der Waals surface area contributed by atoms with Crippen LogP contribution in [0.2, 0.25) is 0 Å². The Labute approximate surface area is 122 Å². The van der Waals surface area contributed by atoms with Gasteiger partial charge in [0, 0.05) is 5.69 Å². The third kappa shape index (κ3) is 4.34. The Hall–Kier alpha value is -1.35. The Bertz CT molecular complexity index is 452. The number of rotatable bonds is 6. The summed E-state index contributed by atoms with van der Waals surface area (Å²) in [5.41, 5.74) is 9.23. The first-order chi connectivity index (χ1) is 9.36. The van der Waals surface area contributed by atoms with Gasteiger partial charge in [0.1, 0.15) is 0 Å². The minimum Gasteiger partial charge on any atom is -0.324 e. The Balaban J connectivity index is 2.97. The predicted molar refractivity (Wildman–Crippen MR) is 86.1 cm³/mol. The number of nitrogens with one attached hydrogen (secondary N) is 1. The average Bonchev–Trinajstić information content (AvgIpc) is 2.38. The summed E-state index contributed by atoms with van der Waals surface area (Å²) >= 11 is 0. The summed E-state index contributed by atoms with van der Waals surface area (Å²) < 4.78 is 0. The second-order valence-electron chi connectivity index (χ2n) is 6.04. The maximum Gasteiger partial charge on any atom is 0.241 e. The van der Waals surface area contributed by atoms with Crippen molar-refractivity contribution in [2.24, 2.45) is 5.73 Å². The molecule has 0 saturated carbocycles. The lowest BCUT2D eigenvalue weighted by molar-refractivity contribution is -0.117. The number of nitrogens with two attached hydrogens (primary N) is 1. The van der Waals surface area contributed by atoms with Crippen molar-refractivity contribution >= 4 is 11.6 Å². The van der Waals surface area contributed by atoms with Crippen LogP contribution in [0.4, 0.5) is 5.69 Å². The van der Waals surface area contributed by atoms with E-state index in [2.05, 4.69) is 45.1 Å². The number of hydrogen-bond donors (Lipinski definition) is 2. The van der Waals surface area contributed by atoms with Gasteiger partial charge < -0.3 is 11.1 Å². The van der Waals surface area contributed by atoms with Crippen LogP contribution in [-0.4, -0.2) is 11.9 Å². The molecule has 1 unspecified atom stereocenters. The average molecular weight is 276 g/mol. The Morgan fingerprint density at radius 2 is 1.85 bits per heavy atom. The number of hydrogen-bond acceptors (Lipinski definition) is 2. The zero-order valence-electron chi connectivity index (χ0n) is 13.4. The molecule has 0 heterocycles. The van der Waals surface area contributed by atoms with Gasteiger partial charge in [0.05, 0.1) is 6.04 Å². The molecule has 0 bridgehead atoms. The zero-order chi connectivity index (χ0) is 15.3. The van der Waals surface area contributed by atoms with E-state index < -0.39 is 6.04 Å². The Kier molecular flexibility index (Phi) is 6.21. The number of amides is 1. The highest BCUT2D eigenvalue weighted by Crippen LogP contribution is 2.28. The van der Waals surface area contributed by atoms with E-state index in [1.807, 2.05) is 13.0 Å². The topological polar surface area (TPSA) is 55.1 Å². The lowest BCUT2D eigenvalue weighted by Gasteiger charge is -2.18. The quantitative estimate of drug-likeness (QED) is 0.825. The molecule has 0 radical (unpaired) electrons. The van der Waals surface area contributed by atoms with Gasteiger partial charge in [0.25, 0.3) is 0 Å². The lowest BCUT2D eigenvalue weighted by atomic mass is 9.94. The van der Waals surface area contributed by atoms with Crippen LogP contribution >= 0.6 is 0 Å². The highest BCUT2D eigenvalue weighted by Gasteiger charge is 2.16. The SMILES string of the molecule is CCCC(N)C(=O)Nc1ccc(C(C)C)cc1C(C)C. The van der Waals surface area contributed by atoms with E-state index in [0.29, 0.717) is 18.3 Å². The minimum atomic E-state index is -0.426. The number of carbonyl (C=O) groups is 1. The molecule has 1 atom stereocenters. The van der Waals surface area contributed by atoms with Gasteiger partial charge in [-0.3, -0.25) is 4.79 Å². The summed E-state index contributed by atoms with van der Waals surface area (Å²) in [5, 5.41) is 2.98. The molecule has 1 rings (SSSR count). The van der Waals surface area contributed by atoms with Crippen molar-refractivity contribution in [3.05, 3.63) is 29.3 Å². The van der Waals surface area contributed by atoms with Crippen LogP contribution in [0.3, 0.4) is 0 Å². The predicted octanol–water partition coefficient (Wildman–Crippen LogP) is 4.00. The first kappa shape index (κ1) is 16.7. The standard InChI is InChI=1S/C17H28N2O/c1-6-7-15(18)17(20)19-16-9-8-13(11(2)3)10-14(16)12(4)5/h8-12,15H,6-7,18H2,1-5H3,(H,19,20). The van der Waals surface area contributed by atoms with E-state index in [1.54, 1.807) is 0 Å². The highest BCUT2D eigenvalue weighted by atomic mass is 16.2. The van der Waals surface area contributed by atoms with E-state index in [0.717, 1.165) is 12.1 Å². The molecule has 20 heavy (non-hydrogen) atoms. The van der Waals surface area contributed by atoms with Crippen molar-refractivity contribution in [3.63, 3.8) is 0 Å². The Morgan fingerprint density at radius 1 is 1.20 bits per heavy atom. The summed E-state index contributed by atoms with van der Waals surface area (Å²) in [4.78, 5) is 12.1. The number of benzene rings is 1. The number of carbonyl (C=O) groups excluding carboxylic acids is 1. The van der Waals surface area contributed by atoms with Crippen molar-refractivity contribution in [1.82, 2.24) is 0 Å². The molecule has 1 amide bonds. The fourth-order valence-corrected chi connectivity index (χ4v) is 2.20. The van der Waals surface area contributed by atoms with Crippen LogP contribution in [0.5, 0.6) is 0 Å². The maximum atomic E-state index is 12.1. The van der Waals surface area contributed by atoms with Crippen LogP contribution in [0.15, 0.2) is 18.2 Å². The van der Waals surface area contributed by atoms with E-state index in [4.69, 9.17) is 5.73 Å². The molecular formula is C17H28N2O. The van der Waals surface area contributed by atoms with Gasteiger partial charge >= 0.3 is 0 Å². The minimum absolute atomic E-state index is 0.0916. The zero-order valence-corrected chi connectivity index (χ0v) is 13.4. The lowest BCUT2D eigenvalue weighted by Crippen LogP contribution is -2.35. The van der Waals surface area contributed by atoms with Crippen LogP contribution in [-0.2, 0) is 4.79 Å². The smallest absolute Gasteiger partial charge is 0.241 e. The molecule has 0 aromatic heterocycles. The maximum absolute atomic E-state index is 12.1. The summed E-state index contributed by atoms with van der Waals surface area (Å²) in [6.45, 7) is 10.7. The van der Waals surface area contributed by atoms with Gasteiger partial charge in [0.15, 0.2) is 0 Å². The molecule has 0 aliphatic carbocycles. The van der Waals surface area contributed by atoms with Crippen LogP contribution in [0.25, 0.3) is 0 Å². The monoisotopic (exact) mass is 276 g/mol. The molecule has 0 saturated heterocycles. The highest BCUT2D eigenvalue weighted by molar-refractivity contribution is 5.95. The summed E-state index contributed by atoms with van der Waals surface area (Å²) in [5.74, 6) is 0.761. The van der Waals surface area contributed by atoms with Crippen molar-refractivity contribution in [1.29, 1.82) is 0 Å². The third-order valence-electron chi connectivity index (χ3n) is 3.56. The molecule has 0 fully saturated rings. The molecule has 3 heteroatoms. The fourth-order valence-electron chi connectivity index (χ4n) is 2.20. The van der Waals surface area contributed by atoms with Crippen LogP contribution in [0, 0.1) is 0 Å². The van der Waals surface area contributed by atoms with Gasteiger partial charge in [-0.25, -0.2) is 0 Å². The van der Waals surface area contributed by atoms with Gasteiger partial charge in [-0.05, 0) is 35.4 Å². The second kappa shape index (κ2) is 7.44. The molecule has 3 nitrogen and oxygen atoms in total. The summed E-state index contributed by atoms with van der Waals surface area (Å²) in [7, 11) is 0. The largest absolute Gasteiger partial charge is 0.324 e. The first-order valence-electron chi connectivity index (χ1n) is 7.57. The van der Waals surface area contributed by atoms with Crippen molar-refractivity contribution in [2.75, 3.05) is 5.32 Å². The molecule has 112 valence electrons. The number of anilines is 1. The molecule has 0 aliphatic heterocycles. The van der Waals surface area contributed by atoms with E-state index in [1.165, 1.54) is 11.1 Å². The van der Waals surface area contributed by atoms with Gasteiger partial charge in [-0.2, -0.15) is 0 Å². The van der Waals surface area contributed by atoms with Crippen molar-refractivity contribution < 1.29 is 4.79 Å². The van der Waals surface area contributed by atoms with E-state index in [9.17, 15) is 4.79 Å².